The van der Waals surface area contributed by atoms with Gasteiger partial charge in [-0.05, 0) is 49.0 Å². The van der Waals surface area contributed by atoms with E-state index in [1.54, 1.807) is 6.20 Å². The van der Waals surface area contributed by atoms with Gasteiger partial charge in [0.05, 0.1) is 0 Å². The summed E-state index contributed by atoms with van der Waals surface area (Å²) in [6.45, 7) is 2.83. The van der Waals surface area contributed by atoms with Crippen molar-refractivity contribution in [1.29, 1.82) is 0 Å². The van der Waals surface area contributed by atoms with E-state index in [1.165, 1.54) is 0 Å². The fourth-order valence-corrected chi connectivity index (χ4v) is 3.41. The SMILES string of the molecule is CN1CCC(Oc2cccc(NCc3ccc4c(N)nccc4c3)n2)CC1. The van der Waals surface area contributed by atoms with E-state index in [2.05, 4.69) is 39.4 Å². The monoisotopic (exact) mass is 363 g/mol. The molecule has 6 nitrogen and oxygen atoms in total. The van der Waals surface area contributed by atoms with E-state index in [-0.39, 0.29) is 6.10 Å². The van der Waals surface area contributed by atoms with Gasteiger partial charge in [-0.3, -0.25) is 0 Å². The molecule has 6 heteroatoms. The maximum atomic E-state index is 6.07. The van der Waals surface area contributed by atoms with Crippen molar-refractivity contribution in [3.63, 3.8) is 0 Å². The van der Waals surface area contributed by atoms with Crippen molar-refractivity contribution in [1.82, 2.24) is 14.9 Å². The van der Waals surface area contributed by atoms with Gasteiger partial charge in [0.15, 0.2) is 0 Å². The lowest BCUT2D eigenvalue weighted by Gasteiger charge is -2.29. The number of hydrogen-bond donors (Lipinski definition) is 2. The average Bonchev–Trinajstić information content (AvgIpc) is 2.69. The first-order chi connectivity index (χ1) is 13.2. The summed E-state index contributed by atoms with van der Waals surface area (Å²) in [6, 6.07) is 14.0. The highest BCUT2D eigenvalue weighted by atomic mass is 16.5. The minimum absolute atomic E-state index is 0.253. The summed E-state index contributed by atoms with van der Waals surface area (Å²) >= 11 is 0. The molecule has 0 bridgehead atoms. The van der Waals surface area contributed by atoms with Gasteiger partial charge in [-0.2, -0.15) is 4.98 Å². The number of pyridine rings is 2. The third kappa shape index (κ3) is 4.28. The first-order valence-electron chi connectivity index (χ1n) is 9.36. The average molecular weight is 363 g/mol. The topological polar surface area (TPSA) is 76.3 Å². The van der Waals surface area contributed by atoms with Crippen molar-refractivity contribution in [2.45, 2.75) is 25.5 Å². The van der Waals surface area contributed by atoms with E-state index in [1.807, 2.05) is 30.3 Å². The van der Waals surface area contributed by atoms with Crippen LogP contribution >= 0.6 is 0 Å². The molecule has 1 aromatic carbocycles. The lowest BCUT2D eigenvalue weighted by molar-refractivity contribution is 0.110. The fraction of sp³-hybridized carbons (Fsp3) is 0.333. The number of ether oxygens (including phenoxy) is 1. The van der Waals surface area contributed by atoms with Crippen LogP contribution in [-0.4, -0.2) is 41.1 Å². The molecule has 0 amide bonds. The van der Waals surface area contributed by atoms with E-state index in [4.69, 9.17) is 10.5 Å². The molecule has 3 N–H and O–H groups in total. The second-order valence-electron chi connectivity index (χ2n) is 7.09. The third-order valence-corrected chi connectivity index (χ3v) is 5.01. The van der Waals surface area contributed by atoms with Crippen LogP contribution in [0, 0.1) is 0 Å². The van der Waals surface area contributed by atoms with Crippen molar-refractivity contribution in [2.24, 2.45) is 0 Å². The molecule has 1 aliphatic rings. The Kier molecular flexibility index (Phi) is 5.07. The molecule has 3 heterocycles. The van der Waals surface area contributed by atoms with E-state index in [0.717, 1.165) is 48.1 Å². The number of aromatic nitrogens is 2. The van der Waals surface area contributed by atoms with Crippen LogP contribution in [0.15, 0.2) is 48.7 Å². The van der Waals surface area contributed by atoms with Gasteiger partial charge in [0.1, 0.15) is 17.7 Å². The number of hydrogen-bond acceptors (Lipinski definition) is 6. The van der Waals surface area contributed by atoms with Gasteiger partial charge in [0, 0.05) is 37.3 Å². The molecule has 3 aromatic rings. The highest BCUT2D eigenvalue weighted by Crippen LogP contribution is 2.21. The molecule has 0 unspecified atom stereocenters. The minimum Gasteiger partial charge on any atom is -0.474 e. The molecule has 0 radical (unpaired) electrons. The number of nitrogens with zero attached hydrogens (tertiary/aromatic N) is 3. The Hall–Kier alpha value is -2.86. The van der Waals surface area contributed by atoms with Crippen LogP contribution < -0.4 is 15.8 Å². The number of benzene rings is 1. The van der Waals surface area contributed by atoms with Crippen LogP contribution in [0.4, 0.5) is 11.6 Å². The molecule has 0 atom stereocenters. The van der Waals surface area contributed by atoms with E-state index >= 15 is 0 Å². The number of piperidine rings is 1. The highest BCUT2D eigenvalue weighted by molar-refractivity contribution is 5.91. The Morgan fingerprint density at radius 2 is 2.04 bits per heavy atom. The van der Waals surface area contributed by atoms with E-state index in [9.17, 15) is 0 Å². The lowest BCUT2D eigenvalue weighted by Crippen LogP contribution is -2.35. The molecule has 4 rings (SSSR count). The van der Waals surface area contributed by atoms with Crippen molar-refractivity contribution in [3.8, 4) is 5.88 Å². The lowest BCUT2D eigenvalue weighted by atomic mass is 10.1. The number of nitrogens with two attached hydrogens (primary N) is 1. The quantitative estimate of drug-likeness (QED) is 0.724. The predicted octanol–water partition coefficient (Wildman–Crippen LogP) is 3.30. The zero-order valence-electron chi connectivity index (χ0n) is 15.6. The van der Waals surface area contributed by atoms with Gasteiger partial charge in [-0.25, -0.2) is 4.98 Å². The zero-order valence-corrected chi connectivity index (χ0v) is 15.6. The van der Waals surface area contributed by atoms with Crippen LogP contribution in [0.25, 0.3) is 10.8 Å². The van der Waals surface area contributed by atoms with Crippen LogP contribution in [-0.2, 0) is 6.54 Å². The summed E-state index contributed by atoms with van der Waals surface area (Å²) in [5.41, 5.74) is 7.08. The smallest absolute Gasteiger partial charge is 0.215 e. The molecule has 2 aromatic heterocycles. The van der Waals surface area contributed by atoms with Crippen LogP contribution in [0.2, 0.25) is 0 Å². The van der Waals surface area contributed by atoms with Gasteiger partial charge in [0.25, 0.3) is 0 Å². The molecular formula is C21H25N5O. The summed E-state index contributed by atoms with van der Waals surface area (Å²) in [4.78, 5) is 11.1. The molecule has 140 valence electrons. The first kappa shape index (κ1) is 17.5. The number of likely N-dealkylation sites (tertiary alicyclic amines) is 1. The molecule has 1 fully saturated rings. The minimum atomic E-state index is 0.253. The summed E-state index contributed by atoms with van der Waals surface area (Å²) in [6.07, 6.45) is 4.08. The summed E-state index contributed by atoms with van der Waals surface area (Å²) in [7, 11) is 2.15. The summed E-state index contributed by atoms with van der Waals surface area (Å²) in [5.74, 6) is 2.06. The van der Waals surface area contributed by atoms with Crippen molar-refractivity contribution in [3.05, 3.63) is 54.2 Å². The second kappa shape index (κ2) is 7.80. The number of anilines is 2. The number of rotatable bonds is 5. The van der Waals surface area contributed by atoms with Crippen molar-refractivity contribution >= 4 is 22.4 Å². The Bertz CT molecular complexity index is 921. The van der Waals surface area contributed by atoms with Crippen LogP contribution in [0.1, 0.15) is 18.4 Å². The van der Waals surface area contributed by atoms with Gasteiger partial charge in [-0.1, -0.05) is 18.2 Å². The number of nitrogens with one attached hydrogen (secondary N) is 1. The van der Waals surface area contributed by atoms with E-state index < -0.39 is 0 Å². The first-order valence-corrected chi connectivity index (χ1v) is 9.36. The standard InChI is InChI=1S/C21H25N5O/c1-26-11-8-17(9-12-26)27-20-4-2-3-19(25-20)24-14-15-5-6-18-16(13-15)7-10-23-21(18)22/h2-7,10,13,17H,8-9,11-12,14H2,1H3,(H2,22,23)(H,24,25). The molecule has 1 aliphatic heterocycles. The molecular weight excluding hydrogens is 338 g/mol. The predicted molar refractivity (Wildman–Crippen MR) is 109 cm³/mol. The third-order valence-electron chi connectivity index (χ3n) is 5.01. The molecule has 0 aliphatic carbocycles. The molecule has 0 spiro atoms. The number of fused-ring (bicyclic) bond motifs is 1. The molecule has 0 saturated carbocycles. The Morgan fingerprint density at radius 1 is 1.19 bits per heavy atom. The molecule has 27 heavy (non-hydrogen) atoms. The number of nitrogen functional groups attached to an aromatic ring is 1. The van der Waals surface area contributed by atoms with Crippen LogP contribution in [0.5, 0.6) is 5.88 Å². The zero-order chi connectivity index (χ0) is 18.6. The maximum absolute atomic E-state index is 6.07. The van der Waals surface area contributed by atoms with Gasteiger partial charge < -0.3 is 20.7 Å². The summed E-state index contributed by atoms with van der Waals surface area (Å²) in [5, 5.41) is 5.45. The Morgan fingerprint density at radius 3 is 2.89 bits per heavy atom. The normalized spacial score (nSPS) is 15.7. The Labute approximate surface area is 159 Å². The second-order valence-corrected chi connectivity index (χ2v) is 7.09. The van der Waals surface area contributed by atoms with E-state index in [0.29, 0.717) is 18.2 Å². The van der Waals surface area contributed by atoms with Gasteiger partial charge in [0.2, 0.25) is 5.88 Å². The van der Waals surface area contributed by atoms with Gasteiger partial charge in [-0.15, -0.1) is 0 Å². The Balaban J connectivity index is 1.40. The van der Waals surface area contributed by atoms with Crippen molar-refractivity contribution < 1.29 is 4.74 Å². The fourth-order valence-electron chi connectivity index (χ4n) is 3.41. The highest BCUT2D eigenvalue weighted by Gasteiger charge is 2.18. The van der Waals surface area contributed by atoms with Crippen molar-refractivity contribution in [2.75, 3.05) is 31.2 Å². The van der Waals surface area contributed by atoms with Gasteiger partial charge >= 0.3 is 0 Å². The largest absolute Gasteiger partial charge is 0.474 e. The maximum Gasteiger partial charge on any atom is 0.215 e. The molecule has 1 saturated heterocycles. The van der Waals surface area contributed by atoms with Crippen LogP contribution in [0.3, 0.4) is 0 Å². The summed E-state index contributed by atoms with van der Waals surface area (Å²) < 4.78 is 6.07.